The highest BCUT2D eigenvalue weighted by Crippen LogP contribution is 2.31. The van der Waals surface area contributed by atoms with Crippen molar-refractivity contribution in [2.24, 2.45) is 0 Å². The van der Waals surface area contributed by atoms with Crippen LogP contribution in [0, 0.1) is 0 Å². The van der Waals surface area contributed by atoms with Gasteiger partial charge in [-0.05, 0) is 36.4 Å². The highest BCUT2D eigenvalue weighted by Gasteiger charge is 2.09. The first kappa shape index (κ1) is 21.5. The third-order valence-corrected chi connectivity index (χ3v) is 3.67. The molecule has 0 bridgehead atoms. The van der Waals surface area contributed by atoms with Crippen LogP contribution in [0.5, 0.6) is 11.5 Å². The molecule has 0 fully saturated rings. The van der Waals surface area contributed by atoms with E-state index in [0.717, 1.165) is 0 Å². The summed E-state index contributed by atoms with van der Waals surface area (Å²) in [5.74, 6) is -0.330. The average molecular weight is 398 g/mol. The molecule has 2 N–H and O–H groups in total. The highest BCUT2D eigenvalue weighted by molar-refractivity contribution is 5.95. The number of nitrogens with one attached hydrogen (secondary N) is 2. The second-order valence-corrected chi connectivity index (χ2v) is 5.83. The van der Waals surface area contributed by atoms with Gasteiger partial charge in [0, 0.05) is 29.9 Å². The Bertz CT molecular complexity index is 906. The lowest BCUT2D eigenvalue weighted by Crippen LogP contribution is -2.20. The van der Waals surface area contributed by atoms with Gasteiger partial charge in [0.25, 0.3) is 5.91 Å². The van der Waals surface area contributed by atoms with Crippen LogP contribution in [0.3, 0.4) is 0 Å². The van der Waals surface area contributed by atoms with Crippen LogP contribution in [0.4, 0.5) is 11.4 Å². The fourth-order valence-corrected chi connectivity index (χ4v) is 2.42. The normalized spacial score (nSPS) is 10.3. The van der Waals surface area contributed by atoms with Crippen LogP contribution in [0.15, 0.2) is 48.5 Å². The van der Waals surface area contributed by atoms with Crippen molar-refractivity contribution in [3.05, 3.63) is 54.1 Å². The van der Waals surface area contributed by atoms with E-state index in [1.165, 1.54) is 33.3 Å². The van der Waals surface area contributed by atoms with Crippen molar-refractivity contribution < 1.29 is 28.6 Å². The molecule has 0 spiro atoms. The molecule has 0 aliphatic carbocycles. The van der Waals surface area contributed by atoms with Crippen LogP contribution >= 0.6 is 0 Å². The second kappa shape index (κ2) is 10.5. The minimum atomic E-state index is -0.675. The first-order chi connectivity index (χ1) is 13.9. The molecule has 0 heterocycles. The van der Waals surface area contributed by atoms with Gasteiger partial charge in [0.15, 0.2) is 18.1 Å². The maximum Gasteiger partial charge on any atom is 0.331 e. The number of hydrogen-bond acceptors (Lipinski definition) is 6. The molecule has 2 aromatic rings. The Morgan fingerprint density at radius 2 is 1.59 bits per heavy atom. The topological polar surface area (TPSA) is 103 Å². The van der Waals surface area contributed by atoms with Gasteiger partial charge in [0.1, 0.15) is 0 Å². The quantitative estimate of drug-likeness (QED) is 0.524. The largest absolute Gasteiger partial charge is 0.493 e. The summed E-state index contributed by atoms with van der Waals surface area (Å²) >= 11 is 0. The minimum absolute atomic E-state index is 0.187. The molecule has 0 unspecified atom stereocenters. The van der Waals surface area contributed by atoms with E-state index in [9.17, 15) is 14.4 Å². The summed E-state index contributed by atoms with van der Waals surface area (Å²) in [6.45, 7) is 0.967. The lowest BCUT2D eigenvalue weighted by atomic mass is 10.1. The van der Waals surface area contributed by atoms with Crippen molar-refractivity contribution >= 4 is 35.2 Å². The van der Waals surface area contributed by atoms with E-state index >= 15 is 0 Å². The minimum Gasteiger partial charge on any atom is -0.493 e. The van der Waals surface area contributed by atoms with Gasteiger partial charge in [0.05, 0.1) is 14.2 Å². The molecule has 152 valence electrons. The number of benzene rings is 2. The zero-order chi connectivity index (χ0) is 21.2. The first-order valence-corrected chi connectivity index (χ1v) is 8.66. The molecule has 2 rings (SSSR count). The fourth-order valence-electron chi connectivity index (χ4n) is 2.42. The highest BCUT2D eigenvalue weighted by atomic mass is 16.5. The Kier molecular flexibility index (Phi) is 7.78. The van der Waals surface area contributed by atoms with Crippen molar-refractivity contribution in [1.29, 1.82) is 0 Å². The van der Waals surface area contributed by atoms with E-state index in [4.69, 9.17) is 14.2 Å². The summed E-state index contributed by atoms with van der Waals surface area (Å²) in [5.41, 5.74) is 1.75. The van der Waals surface area contributed by atoms with Crippen molar-refractivity contribution in [1.82, 2.24) is 0 Å². The predicted molar refractivity (Wildman–Crippen MR) is 109 cm³/mol. The monoisotopic (exact) mass is 398 g/mol. The molecule has 0 aliphatic rings. The zero-order valence-electron chi connectivity index (χ0n) is 16.4. The van der Waals surface area contributed by atoms with Crippen molar-refractivity contribution in [3.63, 3.8) is 0 Å². The summed E-state index contributed by atoms with van der Waals surface area (Å²) in [7, 11) is 3.02. The van der Waals surface area contributed by atoms with E-state index in [0.29, 0.717) is 28.4 Å². The Labute approximate surface area is 168 Å². The molecular formula is C21H22N2O6. The fraction of sp³-hybridized carbons (Fsp3) is 0.190. The Morgan fingerprint density at radius 3 is 2.17 bits per heavy atom. The third-order valence-electron chi connectivity index (χ3n) is 3.67. The molecule has 0 atom stereocenters. The van der Waals surface area contributed by atoms with Crippen LogP contribution in [0.2, 0.25) is 0 Å². The number of carbonyl (C=O) groups excluding carboxylic acids is 3. The van der Waals surface area contributed by atoms with Gasteiger partial charge in [-0.3, -0.25) is 9.59 Å². The number of esters is 1. The van der Waals surface area contributed by atoms with Gasteiger partial charge < -0.3 is 24.8 Å². The van der Waals surface area contributed by atoms with Gasteiger partial charge in [-0.1, -0.05) is 12.1 Å². The number of hydrogen-bond donors (Lipinski definition) is 2. The van der Waals surface area contributed by atoms with E-state index in [1.54, 1.807) is 42.5 Å². The summed E-state index contributed by atoms with van der Waals surface area (Å²) in [6.07, 6.45) is 2.72. The predicted octanol–water partition coefficient (Wildman–Crippen LogP) is 2.86. The number of para-hydroxylation sites is 1. The van der Waals surface area contributed by atoms with Gasteiger partial charge in [0.2, 0.25) is 5.91 Å². The zero-order valence-corrected chi connectivity index (χ0v) is 16.4. The van der Waals surface area contributed by atoms with Crippen LogP contribution < -0.4 is 20.1 Å². The van der Waals surface area contributed by atoms with Crippen LogP contribution in [-0.2, 0) is 19.1 Å². The first-order valence-electron chi connectivity index (χ1n) is 8.66. The van der Waals surface area contributed by atoms with Gasteiger partial charge in [-0.25, -0.2) is 4.79 Å². The number of rotatable bonds is 8. The number of carbonyl (C=O) groups is 3. The summed E-state index contributed by atoms with van der Waals surface area (Å²) in [6, 6.07) is 11.8. The van der Waals surface area contributed by atoms with Gasteiger partial charge in [-0.2, -0.15) is 0 Å². The van der Waals surface area contributed by atoms with E-state index < -0.39 is 18.5 Å². The lowest BCUT2D eigenvalue weighted by Gasteiger charge is -2.09. The molecule has 8 nitrogen and oxygen atoms in total. The number of methoxy groups -OCH3 is 2. The molecule has 2 aromatic carbocycles. The van der Waals surface area contributed by atoms with Crippen LogP contribution in [0.25, 0.3) is 6.08 Å². The molecule has 0 saturated heterocycles. The number of ether oxygens (including phenoxy) is 3. The molecule has 0 aromatic heterocycles. The third kappa shape index (κ3) is 6.69. The lowest BCUT2D eigenvalue weighted by molar-refractivity contribution is -0.142. The Hall–Kier alpha value is -3.81. The molecule has 8 heteroatoms. The van der Waals surface area contributed by atoms with Crippen LogP contribution in [0.1, 0.15) is 12.5 Å². The summed E-state index contributed by atoms with van der Waals surface area (Å²) < 4.78 is 15.4. The van der Waals surface area contributed by atoms with Gasteiger partial charge in [-0.15, -0.1) is 0 Å². The van der Waals surface area contributed by atoms with E-state index in [1.807, 2.05) is 0 Å². The van der Waals surface area contributed by atoms with Crippen molar-refractivity contribution in [2.75, 3.05) is 31.5 Å². The SMILES string of the molecule is COc1cccc(/C=C/C(=O)OCC(=O)Nc2ccc(NC(C)=O)cc2)c1OC. The number of amides is 2. The second-order valence-electron chi connectivity index (χ2n) is 5.83. The smallest absolute Gasteiger partial charge is 0.331 e. The molecule has 0 aliphatic heterocycles. The molecule has 0 saturated carbocycles. The standard InChI is InChI=1S/C21H22N2O6/c1-14(24)22-16-8-10-17(11-9-16)23-19(25)13-29-20(26)12-7-15-5-4-6-18(27-2)21(15)28-3/h4-12H,13H2,1-3H3,(H,22,24)(H,23,25)/b12-7+. The summed E-state index contributed by atoms with van der Waals surface area (Å²) in [4.78, 5) is 34.8. The molecule has 2 amide bonds. The Balaban J connectivity index is 1.86. The average Bonchev–Trinajstić information content (AvgIpc) is 2.71. The van der Waals surface area contributed by atoms with Crippen molar-refractivity contribution in [3.8, 4) is 11.5 Å². The van der Waals surface area contributed by atoms with E-state index in [2.05, 4.69) is 10.6 Å². The molecular weight excluding hydrogens is 376 g/mol. The maximum absolute atomic E-state index is 11.9. The molecule has 0 radical (unpaired) electrons. The van der Waals surface area contributed by atoms with Gasteiger partial charge >= 0.3 is 5.97 Å². The summed E-state index contributed by atoms with van der Waals surface area (Å²) in [5, 5.41) is 5.22. The van der Waals surface area contributed by atoms with Crippen LogP contribution in [-0.4, -0.2) is 38.6 Å². The number of anilines is 2. The molecule has 29 heavy (non-hydrogen) atoms. The Morgan fingerprint density at radius 1 is 0.931 bits per heavy atom. The van der Waals surface area contributed by atoms with Crippen molar-refractivity contribution in [2.45, 2.75) is 6.92 Å². The maximum atomic E-state index is 11.9. The van der Waals surface area contributed by atoms with E-state index in [-0.39, 0.29) is 5.91 Å².